The van der Waals surface area contributed by atoms with Crippen LogP contribution in [0.1, 0.15) is 19.8 Å². The van der Waals surface area contributed by atoms with Gasteiger partial charge in [-0.25, -0.2) is 0 Å². The Balaban J connectivity index is 4.29. The van der Waals surface area contributed by atoms with Crippen molar-refractivity contribution in [2.75, 3.05) is 13.2 Å². The van der Waals surface area contributed by atoms with Gasteiger partial charge < -0.3 is 10.2 Å². The maximum Gasteiger partial charge on any atom is 0.155 e. The van der Waals surface area contributed by atoms with Gasteiger partial charge in [0.25, 0.3) is 0 Å². The van der Waals surface area contributed by atoms with Gasteiger partial charge in [-0.3, -0.25) is 4.79 Å². The van der Waals surface area contributed by atoms with Crippen LogP contribution in [0.4, 0.5) is 0 Å². The second-order valence-electron chi connectivity index (χ2n) is 3.02. The van der Waals surface area contributed by atoms with E-state index in [9.17, 15) is 4.79 Å². The summed E-state index contributed by atoms with van der Waals surface area (Å²) >= 11 is 0. The lowest BCUT2D eigenvalue weighted by atomic mass is 9.82. The predicted molar refractivity (Wildman–Crippen MR) is 46.7 cm³/mol. The molecule has 70 valence electrons. The molecule has 0 amide bonds. The minimum absolute atomic E-state index is 0.139. The van der Waals surface area contributed by atoms with Crippen LogP contribution < -0.4 is 0 Å². The van der Waals surface area contributed by atoms with E-state index in [0.29, 0.717) is 6.42 Å². The van der Waals surface area contributed by atoms with Crippen molar-refractivity contribution >= 4 is 5.78 Å². The molecule has 2 N–H and O–H groups in total. The van der Waals surface area contributed by atoms with Crippen LogP contribution in [0.3, 0.4) is 0 Å². The van der Waals surface area contributed by atoms with Crippen LogP contribution in [0.25, 0.3) is 0 Å². The quantitative estimate of drug-likeness (QED) is 0.574. The van der Waals surface area contributed by atoms with Crippen molar-refractivity contribution < 1.29 is 15.0 Å². The van der Waals surface area contributed by atoms with Gasteiger partial charge in [-0.2, -0.15) is 0 Å². The van der Waals surface area contributed by atoms with Gasteiger partial charge in [0.1, 0.15) is 0 Å². The first-order chi connectivity index (χ1) is 5.64. The van der Waals surface area contributed by atoms with E-state index in [1.54, 1.807) is 0 Å². The van der Waals surface area contributed by atoms with Crippen molar-refractivity contribution in [3.05, 3.63) is 12.7 Å². The van der Waals surface area contributed by atoms with Crippen LogP contribution in [0, 0.1) is 5.41 Å². The number of aliphatic hydroxyl groups is 2. The Morgan fingerprint density at radius 1 is 1.50 bits per heavy atom. The molecule has 0 aliphatic rings. The zero-order valence-electron chi connectivity index (χ0n) is 7.42. The second-order valence-corrected chi connectivity index (χ2v) is 3.02. The molecule has 0 aromatic carbocycles. The maximum absolute atomic E-state index is 11.0. The number of rotatable bonds is 6. The third kappa shape index (κ3) is 2.75. The third-order valence-electron chi connectivity index (χ3n) is 2.20. The van der Waals surface area contributed by atoms with Gasteiger partial charge in [0.05, 0.1) is 13.2 Å². The molecule has 0 bridgehead atoms. The summed E-state index contributed by atoms with van der Waals surface area (Å²) in [5.74, 6) is -0.139. The van der Waals surface area contributed by atoms with Crippen molar-refractivity contribution in [3.63, 3.8) is 0 Å². The van der Waals surface area contributed by atoms with E-state index in [1.807, 2.05) is 6.92 Å². The first-order valence-electron chi connectivity index (χ1n) is 4.01. The average Bonchev–Trinajstić information content (AvgIpc) is 2.14. The fraction of sp³-hybridized carbons (Fsp3) is 0.667. The molecule has 0 fully saturated rings. The minimum Gasteiger partial charge on any atom is -0.396 e. The van der Waals surface area contributed by atoms with Gasteiger partial charge >= 0.3 is 0 Å². The summed E-state index contributed by atoms with van der Waals surface area (Å²) in [6.45, 7) is 4.84. The Kier molecular flexibility index (Phi) is 4.78. The van der Waals surface area contributed by atoms with Gasteiger partial charge in [-0.15, -0.1) is 0 Å². The second kappa shape index (κ2) is 5.06. The average molecular weight is 172 g/mol. The molecule has 0 aromatic rings. The number of ketones is 1. The molecular formula is C9H16O3. The molecule has 0 saturated heterocycles. The number of carbonyl (C=O) groups excluding carboxylic acids is 1. The van der Waals surface area contributed by atoms with Gasteiger partial charge in [0.2, 0.25) is 0 Å². The first kappa shape index (κ1) is 11.3. The first-order valence-corrected chi connectivity index (χ1v) is 4.01. The largest absolute Gasteiger partial charge is 0.396 e. The summed E-state index contributed by atoms with van der Waals surface area (Å²) in [5, 5.41) is 17.9. The predicted octanol–water partition coefficient (Wildman–Crippen LogP) is 0.513. The lowest BCUT2D eigenvalue weighted by Crippen LogP contribution is -2.31. The molecule has 0 rings (SSSR count). The highest BCUT2D eigenvalue weighted by Crippen LogP contribution is 2.25. The number of hydrogen-bond donors (Lipinski definition) is 2. The van der Waals surface area contributed by atoms with Gasteiger partial charge in [-0.05, 0) is 12.5 Å². The Labute approximate surface area is 72.7 Å². The third-order valence-corrected chi connectivity index (χ3v) is 2.20. The van der Waals surface area contributed by atoms with Crippen LogP contribution in [0.15, 0.2) is 12.7 Å². The molecule has 0 atom stereocenters. The Bertz CT molecular complexity index is 151. The zero-order chi connectivity index (χ0) is 9.61. The molecule has 0 unspecified atom stereocenters. The van der Waals surface area contributed by atoms with E-state index in [-0.39, 0.29) is 25.4 Å². The lowest BCUT2D eigenvalue weighted by Gasteiger charge is -2.26. The molecule has 0 heterocycles. The molecule has 0 spiro atoms. The molecule has 3 heteroatoms. The number of hydrogen-bond acceptors (Lipinski definition) is 3. The SMILES string of the molecule is C=CC(=O)CC(CC)(CO)CO. The fourth-order valence-corrected chi connectivity index (χ4v) is 0.952. The topological polar surface area (TPSA) is 57.5 Å². The number of allylic oxidation sites excluding steroid dienone is 1. The lowest BCUT2D eigenvalue weighted by molar-refractivity contribution is -0.118. The summed E-state index contributed by atoms with van der Waals surface area (Å²) in [5.41, 5.74) is -0.661. The van der Waals surface area contributed by atoms with E-state index in [4.69, 9.17) is 10.2 Å². The summed E-state index contributed by atoms with van der Waals surface area (Å²) < 4.78 is 0. The highest BCUT2D eigenvalue weighted by molar-refractivity contribution is 5.89. The normalized spacial score (nSPS) is 11.2. The monoisotopic (exact) mass is 172 g/mol. The van der Waals surface area contributed by atoms with Crippen LogP contribution in [0.2, 0.25) is 0 Å². The molecule has 0 aliphatic carbocycles. The van der Waals surface area contributed by atoms with Crippen LogP contribution >= 0.6 is 0 Å². The fourth-order valence-electron chi connectivity index (χ4n) is 0.952. The van der Waals surface area contributed by atoms with Crippen molar-refractivity contribution in [2.24, 2.45) is 5.41 Å². The molecule has 0 radical (unpaired) electrons. The summed E-state index contributed by atoms with van der Waals surface area (Å²) in [6, 6.07) is 0. The van der Waals surface area contributed by atoms with E-state index < -0.39 is 5.41 Å². The molecule has 3 nitrogen and oxygen atoms in total. The highest BCUT2D eigenvalue weighted by Gasteiger charge is 2.28. The van der Waals surface area contributed by atoms with Gasteiger partial charge in [0.15, 0.2) is 5.78 Å². The van der Waals surface area contributed by atoms with E-state index in [2.05, 4.69) is 6.58 Å². The minimum atomic E-state index is -0.661. The summed E-state index contributed by atoms with van der Waals surface area (Å²) in [6.07, 6.45) is 1.97. The van der Waals surface area contributed by atoms with Crippen LogP contribution in [-0.2, 0) is 4.79 Å². The maximum atomic E-state index is 11.0. The Morgan fingerprint density at radius 3 is 2.25 bits per heavy atom. The van der Waals surface area contributed by atoms with E-state index in [1.165, 1.54) is 6.08 Å². The molecule has 0 aliphatic heterocycles. The van der Waals surface area contributed by atoms with Crippen molar-refractivity contribution in [3.8, 4) is 0 Å². The standard InChI is InChI=1S/C9H16O3/c1-3-8(12)5-9(4-2,6-10)7-11/h3,10-11H,1,4-7H2,2H3. The Hall–Kier alpha value is -0.670. The van der Waals surface area contributed by atoms with Gasteiger partial charge in [0, 0.05) is 11.8 Å². The van der Waals surface area contributed by atoms with Crippen molar-refractivity contribution in [1.82, 2.24) is 0 Å². The number of aliphatic hydroxyl groups excluding tert-OH is 2. The number of carbonyl (C=O) groups is 1. The summed E-state index contributed by atoms with van der Waals surface area (Å²) in [4.78, 5) is 11.0. The van der Waals surface area contributed by atoms with E-state index in [0.717, 1.165) is 0 Å². The van der Waals surface area contributed by atoms with Crippen molar-refractivity contribution in [1.29, 1.82) is 0 Å². The summed E-state index contributed by atoms with van der Waals surface area (Å²) in [7, 11) is 0. The molecule has 12 heavy (non-hydrogen) atoms. The Morgan fingerprint density at radius 2 is 2.00 bits per heavy atom. The zero-order valence-corrected chi connectivity index (χ0v) is 7.42. The molecular weight excluding hydrogens is 156 g/mol. The van der Waals surface area contributed by atoms with Crippen molar-refractivity contribution in [2.45, 2.75) is 19.8 Å². The molecule has 0 saturated carbocycles. The van der Waals surface area contributed by atoms with Gasteiger partial charge in [-0.1, -0.05) is 13.5 Å². The van der Waals surface area contributed by atoms with E-state index >= 15 is 0 Å². The van der Waals surface area contributed by atoms with Crippen LogP contribution in [-0.4, -0.2) is 29.2 Å². The highest BCUT2D eigenvalue weighted by atomic mass is 16.3. The molecule has 0 aromatic heterocycles. The van der Waals surface area contributed by atoms with Crippen LogP contribution in [0.5, 0.6) is 0 Å². The smallest absolute Gasteiger partial charge is 0.155 e.